The van der Waals surface area contributed by atoms with E-state index >= 15 is 0 Å². The van der Waals surface area contributed by atoms with E-state index < -0.39 is 94.8 Å². The highest BCUT2D eigenvalue weighted by atomic mass is 16.6. The summed E-state index contributed by atoms with van der Waals surface area (Å²) in [6, 6.07) is 8.15. The predicted octanol–water partition coefficient (Wildman–Crippen LogP) is 4.19. The van der Waals surface area contributed by atoms with Gasteiger partial charge in [0.05, 0.1) is 5.56 Å². The number of benzene rings is 1. The van der Waals surface area contributed by atoms with E-state index in [0.717, 1.165) is 20.8 Å². The van der Waals surface area contributed by atoms with Gasteiger partial charge in [-0.3, -0.25) is 24.0 Å². The zero-order chi connectivity index (χ0) is 37.8. The molecule has 1 N–H and O–H groups in total. The summed E-state index contributed by atoms with van der Waals surface area (Å²) in [5.74, 6) is -5.97. The Morgan fingerprint density at radius 2 is 1.22 bits per heavy atom. The van der Waals surface area contributed by atoms with Crippen LogP contribution in [-0.2, 0) is 52.4 Å². The Labute approximate surface area is 292 Å². The number of carbonyl (C=O) groups is 6. The van der Waals surface area contributed by atoms with E-state index in [2.05, 4.69) is 0 Å². The molecule has 50 heavy (non-hydrogen) atoms. The minimum atomic E-state index is -2.32. The van der Waals surface area contributed by atoms with Crippen molar-refractivity contribution >= 4 is 35.8 Å². The molecule has 1 fully saturated rings. The second-order valence-electron chi connectivity index (χ2n) is 13.9. The van der Waals surface area contributed by atoms with Crippen molar-refractivity contribution in [1.29, 1.82) is 0 Å². The van der Waals surface area contributed by atoms with Crippen LogP contribution >= 0.6 is 0 Å². The van der Waals surface area contributed by atoms with Crippen LogP contribution in [0.3, 0.4) is 0 Å². The van der Waals surface area contributed by atoms with E-state index in [-0.39, 0.29) is 17.6 Å². The number of esters is 6. The van der Waals surface area contributed by atoms with Gasteiger partial charge in [-0.15, -0.1) is 0 Å². The lowest BCUT2D eigenvalue weighted by atomic mass is 9.74. The Kier molecular flexibility index (Phi) is 12.4. The molecular formula is C37H48O13. The maximum Gasteiger partial charge on any atom is 0.338 e. The van der Waals surface area contributed by atoms with Crippen LogP contribution in [0.4, 0.5) is 0 Å². The van der Waals surface area contributed by atoms with E-state index in [4.69, 9.17) is 28.4 Å². The highest BCUT2D eigenvalue weighted by molar-refractivity contribution is 5.89. The zero-order valence-corrected chi connectivity index (χ0v) is 30.2. The number of carbonyl (C=O) groups excluding carboxylic acids is 6. The van der Waals surface area contributed by atoms with Gasteiger partial charge in [-0.2, -0.15) is 0 Å². The van der Waals surface area contributed by atoms with Crippen LogP contribution in [0, 0.1) is 17.3 Å². The topological polar surface area (TPSA) is 178 Å². The smallest absolute Gasteiger partial charge is 0.338 e. The fourth-order valence-electron chi connectivity index (χ4n) is 6.88. The summed E-state index contributed by atoms with van der Waals surface area (Å²) in [7, 11) is 0. The average Bonchev–Trinajstić information content (AvgIpc) is 3.23. The van der Waals surface area contributed by atoms with Crippen molar-refractivity contribution in [3.05, 3.63) is 59.7 Å². The zero-order valence-electron chi connectivity index (χ0n) is 30.2. The third-order valence-electron chi connectivity index (χ3n) is 8.81. The normalized spacial score (nSPS) is 32.1. The quantitative estimate of drug-likeness (QED) is 0.244. The van der Waals surface area contributed by atoms with Gasteiger partial charge in [-0.25, -0.2) is 4.79 Å². The molecule has 274 valence electrons. The third kappa shape index (κ3) is 9.17. The lowest BCUT2D eigenvalue weighted by Gasteiger charge is -2.45. The Balaban J connectivity index is 2.50. The molecule has 1 aromatic carbocycles. The lowest BCUT2D eigenvalue weighted by molar-refractivity contribution is -0.207. The van der Waals surface area contributed by atoms with Gasteiger partial charge in [-0.1, -0.05) is 58.0 Å². The molecule has 0 aromatic heterocycles. The third-order valence-corrected chi connectivity index (χ3v) is 8.81. The average molecular weight is 701 g/mol. The lowest BCUT2D eigenvalue weighted by Crippen LogP contribution is -2.59. The largest absolute Gasteiger partial charge is 0.458 e. The summed E-state index contributed by atoms with van der Waals surface area (Å²) >= 11 is 0. The molecule has 2 aliphatic rings. The number of aliphatic hydroxyl groups is 1. The summed E-state index contributed by atoms with van der Waals surface area (Å²) in [6.45, 7) is 13.8. The van der Waals surface area contributed by atoms with Gasteiger partial charge in [0.1, 0.15) is 11.7 Å². The van der Waals surface area contributed by atoms with Crippen molar-refractivity contribution in [2.24, 2.45) is 17.3 Å². The summed E-state index contributed by atoms with van der Waals surface area (Å²) in [6.07, 6.45) is -2.61. The SMILES string of the molecule is CC(=O)OC1C(OC(C)=O)[C@](C)(O)C=C2[C@@H](OC(=O)c3ccccc3)[C@@H](C)C[C@]2(OC(C)=O)[C@@H](OC(C)=O)[C@@H](C)C=CC(C)(C)[C@@H]1OC(C)=O. The molecule has 0 bridgehead atoms. The molecule has 2 unspecified atom stereocenters. The van der Waals surface area contributed by atoms with Crippen molar-refractivity contribution in [1.82, 2.24) is 0 Å². The molecule has 0 heterocycles. The molecule has 0 amide bonds. The Hall–Kier alpha value is -4.52. The first-order valence-electron chi connectivity index (χ1n) is 16.4. The first kappa shape index (κ1) is 39.9. The van der Waals surface area contributed by atoms with E-state index in [0.29, 0.717) is 0 Å². The number of hydrogen-bond donors (Lipinski definition) is 1. The first-order chi connectivity index (χ1) is 23.1. The molecule has 2 aliphatic carbocycles. The van der Waals surface area contributed by atoms with Crippen molar-refractivity contribution < 1.29 is 62.3 Å². The van der Waals surface area contributed by atoms with Gasteiger partial charge in [0, 0.05) is 63.9 Å². The molecule has 13 heteroatoms. The Bertz CT molecular complexity index is 1520. The molecule has 0 radical (unpaired) electrons. The van der Waals surface area contributed by atoms with Crippen LogP contribution in [0.5, 0.6) is 0 Å². The number of rotatable bonds is 7. The van der Waals surface area contributed by atoms with Crippen LogP contribution in [-0.4, -0.2) is 82.6 Å². The highest BCUT2D eigenvalue weighted by Gasteiger charge is 2.61. The van der Waals surface area contributed by atoms with Gasteiger partial charge in [0.15, 0.2) is 30.0 Å². The minimum absolute atomic E-state index is 0.0254. The molecule has 0 spiro atoms. The number of hydrogen-bond acceptors (Lipinski definition) is 13. The van der Waals surface area contributed by atoms with E-state index in [1.807, 2.05) is 0 Å². The second kappa shape index (κ2) is 15.6. The molecule has 1 saturated carbocycles. The monoisotopic (exact) mass is 700 g/mol. The number of ether oxygens (including phenoxy) is 6. The van der Waals surface area contributed by atoms with Crippen molar-refractivity contribution in [2.45, 2.75) is 117 Å². The summed E-state index contributed by atoms with van der Waals surface area (Å²) < 4.78 is 35.3. The van der Waals surface area contributed by atoms with Crippen molar-refractivity contribution in [3.63, 3.8) is 0 Å². The molecule has 9 atom stereocenters. The Morgan fingerprint density at radius 1 is 0.700 bits per heavy atom. The van der Waals surface area contributed by atoms with Crippen molar-refractivity contribution in [3.8, 4) is 0 Å². The maximum absolute atomic E-state index is 13.5. The van der Waals surface area contributed by atoms with Crippen LogP contribution in [0.15, 0.2) is 54.1 Å². The van der Waals surface area contributed by atoms with Gasteiger partial charge >= 0.3 is 35.8 Å². The molecule has 0 saturated heterocycles. The molecule has 1 aromatic rings. The summed E-state index contributed by atoms with van der Waals surface area (Å²) in [4.78, 5) is 76.9. The summed E-state index contributed by atoms with van der Waals surface area (Å²) in [5, 5.41) is 12.5. The van der Waals surface area contributed by atoms with Gasteiger partial charge < -0.3 is 33.5 Å². The van der Waals surface area contributed by atoms with E-state index in [9.17, 15) is 33.9 Å². The fourth-order valence-corrected chi connectivity index (χ4v) is 6.88. The summed E-state index contributed by atoms with van der Waals surface area (Å²) in [5.41, 5.74) is -5.09. The molecule has 3 rings (SSSR count). The molecule has 13 nitrogen and oxygen atoms in total. The Morgan fingerprint density at radius 3 is 1.74 bits per heavy atom. The van der Waals surface area contributed by atoms with Crippen LogP contribution in [0.25, 0.3) is 0 Å². The van der Waals surface area contributed by atoms with Crippen molar-refractivity contribution in [2.75, 3.05) is 0 Å². The fraction of sp³-hybridized carbons (Fsp3) is 0.568. The van der Waals surface area contributed by atoms with Crippen LogP contribution < -0.4 is 0 Å². The van der Waals surface area contributed by atoms with Crippen LogP contribution in [0.1, 0.15) is 86.0 Å². The second-order valence-corrected chi connectivity index (χ2v) is 13.9. The van der Waals surface area contributed by atoms with Crippen LogP contribution in [0.2, 0.25) is 0 Å². The highest BCUT2D eigenvalue weighted by Crippen LogP contribution is 2.51. The van der Waals surface area contributed by atoms with E-state index in [1.165, 1.54) is 26.8 Å². The van der Waals surface area contributed by atoms with Gasteiger partial charge in [0.25, 0.3) is 0 Å². The predicted molar refractivity (Wildman–Crippen MR) is 177 cm³/mol. The minimum Gasteiger partial charge on any atom is -0.458 e. The maximum atomic E-state index is 13.5. The first-order valence-corrected chi connectivity index (χ1v) is 16.4. The molecular weight excluding hydrogens is 652 g/mol. The van der Waals surface area contributed by atoms with Gasteiger partial charge in [0.2, 0.25) is 0 Å². The standard InChI is InChI=1S/C37H48O13/c1-20-16-17-35(8,9)32(47-24(5)40)30(45-22(3)38)33(48-25(6)41)36(10,44)19-28-29(49-34(43)27-14-12-11-13-15-27)21(2)18-37(28,50-26(7)42)31(20)46-23(4)39/h11-17,19-21,29-33,44H,18H2,1-10H3/t20-,21-,29-,30?,31-,32+,33?,36+,37+/m0/s1. The molecule has 0 aliphatic heterocycles. The van der Waals surface area contributed by atoms with Gasteiger partial charge in [-0.05, 0) is 25.1 Å². The number of fused-ring (bicyclic) bond motifs is 1. The van der Waals surface area contributed by atoms with E-state index in [1.54, 1.807) is 70.2 Å².